The normalized spacial score (nSPS) is 17.0. The Bertz CT molecular complexity index is 2610. The molecule has 4 aromatic carbocycles. The molecule has 2 aliphatic rings. The maximum atomic E-state index is 6.72. The summed E-state index contributed by atoms with van der Waals surface area (Å²) in [6.45, 7) is 30.4. The summed E-state index contributed by atoms with van der Waals surface area (Å²) in [4.78, 5) is 21.5. The summed E-state index contributed by atoms with van der Waals surface area (Å²) >= 11 is 0. The minimum absolute atomic E-state index is 0.0105. The van der Waals surface area contributed by atoms with Crippen LogP contribution in [0, 0.1) is 45.4 Å². The van der Waals surface area contributed by atoms with Crippen LogP contribution in [-0.2, 0) is 15.9 Å². The first-order chi connectivity index (χ1) is 34.7. The lowest BCUT2D eigenvalue weighted by atomic mass is 9.83. The standard InChI is InChI=1S/C32H38N6O3.C30H52O/c1-3-16-39-17-18-40-19-20-41-26-8-4-23(5-9-26)31-33-27-10-6-24(21-29(27)35-31)32-34-28-11-7-25(22-30(28)36-32)38-14-12-37(2)13-15-38;1-21(2)13-10-14-22(3)15-11-16-23(4)17-12-19-30(9)20-18-28-26(7)24(5)25(6)27(8)29(28)31-30/h4-11,21-22H,3,12-20H2,1-2H3,(H,33,35)(H,34,36);21-23H,10-20H2,1-9H3/t;22-,23-,30-/m.1/s1. The van der Waals surface area contributed by atoms with Crippen molar-refractivity contribution in [3.05, 3.63) is 88.5 Å². The van der Waals surface area contributed by atoms with Crippen LogP contribution < -0.4 is 14.4 Å². The van der Waals surface area contributed by atoms with Crippen LogP contribution in [0.15, 0.2) is 60.7 Å². The van der Waals surface area contributed by atoms with Gasteiger partial charge in [-0.2, -0.15) is 0 Å². The quantitative estimate of drug-likeness (QED) is 0.0579. The lowest BCUT2D eigenvalue weighted by molar-refractivity contribution is 0.0366. The van der Waals surface area contributed by atoms with Gasteiger partial charge in [0.1, 0.15) is 35.4 Å². The van der Waals surface area contributed by atoms with Gasteiger partial charge in [0.25, 0.3) is 0 Å². The smallest absolute Gasteiger partial charge is 0.138 e. The molecule has 6 aromatic rings. The fourth-order valence-corrected chi connectivity index (χ4v) is 10.5. The Morgan fingerprint density at radius 3 is 1.88 bits per heavy atom. The number of nitrogens with zero attached hydrogens (tertiary/aromatic N) is 4. The molecule has 72 heavy (non-hydrogen) atoms. The van der Waals surface area contributed by atoms with Gasteiger partial charge in [-0.25, -0.2) is 9.97 Å². The highest BCUT2D eigenvalue weighted by atomic mass is 16.5. The lowest BCUT2D eigenvalue weighted by Gasteiger charge is -2.38. The molecule has 10 heteroatoms. The molecular weight excluding hydrogens is 893 g/mol. The summed E-state index contributed by atoms with van der Waals surface area (Å²) < 4.78 is 23.5. The average molecular weight is 983 g/mol. The van der Waals surface area contributed by atoms with E-state index in [1.807, 2.05) is 30.3 Å². The van der Waals surface area contributed by atoms with Crippen molar-refractivity contribution in [2.45, 2.75) is 152 Å². The van der Waals surface area contributed by atoms with Crippen LogP contribution in [-0.4, -0.2) is 96.7 Å². The van der Waals surface area contributed by atoms with E-state index < -0.39 is 0 Å². The van der Waals surface area contributed by atoms with E-state index in [1.54, 1.807) is 0 Å². The molecule has 10 nitrogen and oxygen atoms in total. The lowest BCUT2D eigenvalue weighted by Crippen LogP contribution is -2.44. The van der Waals surface area contributed by atoms with Gasteiger partial charge in [0, 0.05) is 49.6 Å². The molecule has 8 rings (SSSR count). The van der Waals surface area contributed by atoms with E-state index in [4.69, 9.17) is 28.9 Å². The van der Waals surface area contributed by atoms with Crippen LogP contribution in [0.2, 0.25) is 0 Å². The fraction of sp³-hybridized carbons (Fsp3) is 0.581. The van der Waals surface area contributed by atoms with Crippen molar-refractivity contribution in [3.8, 4) is 34.3 Å². The number of H-pyrrole nitrogens is 2. The van der Waals surface area contributed by atoms with Crippen molar-refractivity contribution < 1.29 is 18.9 Å². The summed E-state index contributed by atoms with van der Waals surface area (Å²) in [6.07, 6.45) is 15.6. The third-order valence-electron chi connectivity index (χ3n) is 15.7. The van der Waals surface area contributed by atoms with Gasteiger partial charge in [-0.3, -0.25) is 0 Å². The fourth-order valence-electron chi connectivity index (χ4n) is 10.5. The molecule has 2 N–H and O–H groups in total. The van der Waals surface area contributed by atoms with Gasteiger partial charge in [-0.1, -0.05) is 79.6 Å². The Labute approximate surface area is 433 Å². The van der Waals surface area contributed by atoms with Gasteiger partial charge in [0.2, 0.25) is 0 Å². The topological polar surface area (TPSA) is 101 Å². The first-order valence-electron chi connectivity index (χ1n) is 27.8. The molecule has 1 saturated heterocycles. The number of rotatable bonds is 24. The first-order valence-corrected chi connectivity index (χ1v) is 27.8. The summed E-state index contributed by atoms with van der Waals surface area (Å²) in [5.74, 6) is 6.29. The zero-order valence-corrected chi connectivity index (χ0v) is 46.3. The Morgan fingerprint density at radius 1 is 0.639 bits per heavy atom. The number of piperazine rings is 1. The van der Waals surface area contributed by atoms with Crippen LogP contribution in [0.25, 0.3) is 44.8 Å². The van der Waals surface area contributed by atoms with E-state index in [1.165, 1.54) is 103 Å². The molecule has 2 aliphatic heterocycles. The summed E-state index contributed by atoms with van der Waals surface area (Å²) in [5.41, 5.74) is 14.3. The van der Waals surface area contributed by atoms with Gasteiger partial charge in [0.05, 0.1) is 41.9 Å². The molecule has 0 amide bonds. The Morgan fingerprint density at radius 2 is 1.21 bits per heavy atom. The van der Waals surface area contributed by atoms with Crippen molar-refractivity contribution in [2.75, 3.05) is 71.2 Å². The number of hydrogen-bond donors (Lipinski definition) is 2. The predicted octanol–water partition coefficient (Wildman–Crippen LogP) is 14.8. The van der Waals surface area contributed by atoms with Crippen molar-refractivity contribution in [2.24, 2.45) is 17.8 Å². The molecule has 0 bridgehead atoms. The zero-order chi connectivity index (χ0) is 51.2. The predicted molar refractivity (Wildman–Crippen MR) is 301 cm³/mol. The van der Waals surface area contributed by atoms with Crippen LogP contribution >= 0.6 is 0 Å². The Hall–Kier alpha value is -4.90. The largest absolute Gasteiger partial charge is 0.491 e. The number of ether oxygens (including phenoxy) is 4. The maximum absolute atomic E-state index is 6.72. The molecule has 0 spiro atoms. The molecule has 0 radical (unpaired) electrons. The molecule has 1 fully saturated rings. The molecule has 0 aliphatic carbocycles. The van der Waals surface area contributed by atoms with Crippen molar-refractivity contribution in [1.82, 2.24) is 24.8 Å². The summed E-state index contributed by atoms with van der Waals surface area (Å²) in [5, 5.41) is 0. The number of fused-ring (bicyclic) bond motifs is 3. The van der Waals surface area contributed by atoms with E-state index in [0.29, 0.717) is 26.4 Å². The van der Waals surface area contributed by atoms with E-state index in [9.17, 15) is 0 Å². The van der Waals surface area contributed by atoms with Crippen LogP contribution in [0.1, 0.15) is 140 Å². The van der Waals surface area contributed by atoms with Gasteiger partial charge < -0.3 is 38.7 Å². The molecule has 0 unspecified atom stereocenters. The number of benzene rings is 4. The number of hydrogen-bond acceptors (Lipinski definition) is 8. The van der Waals surface area contributed by atoms with E-state index in [0.717, 1.165) is 114 Å². The number of imidazole rings is 2. The van der Waals surface area contributed by atoms with Gasteiger partial charge in [-0.15, -0.1) is 0 Å². The highest BCUT2D eigenvalue weighted by molar-refractivity contribution is 5.87. The van der Waals surface area contributed by atoms with Gasteiger partial charge in [0.15, 0.2) is 0 Å². The highest BCUT2D eigenvalue weighted by Gasteiger charge is 2.34. The minimum Gasteiger partial charge on any atom is -0.491 e. The number of aromatic nitrogens is 4. The SMILES string of the molecule is CCCOCCOCCOc1ccc(-c2nc3ccc(-c4nc5ccc(N6CCN(C)CC6)cc5[nH]4)cc3[nH]2)cc1.Cc1c(C)c(C)c2c(c1C)CC[C@@](C)(CCC[C@H](C)CCC[C@H](C)CCCC(C)C)O2. The molecule has 3 atom stereocenters. The van der Waals surface area contributed by atoms with Crippen molar-refractivity contribution >= 4 is 27.8 Å². The highest BCUT2D eigenvalue weighted by Crippen LogP contribution is 2.42. The van der Waals surface area contributed by atoms with Crippen LogP contribution in [0.5, 0.6) is 11.5 Å². The monoisotopic (exact) mass is 983 g/mol. The second kappa shape index (κ2) is 26.4. The number of aromatic amines is 2. The Kier molecular flexibility index (Phi) is 20.1. The molecule has 392 valence electrons. The maximum Gasteiger partial charge on any atom is 0.138 e. The van der Waals surface area contributed by atoms with Crippen LogP contribution in [0.3, 0.4) is 0 Å². The average Bonchev–Trinajstić information content (AvgIpc) is 4.01. The van der Waals surface area contributed by atoms with E-state index in [2.05, 4.69) is 126 Å². The molecular formula is C62H90N6O4. The molecule has 0 saturated carbocycles. The van der Waals surface area contributed by atoms with Crippen molar-refractivity contribution in [3.63, 3.8) is 0 Å². The molecule has 4 heterocycles. The summed E-state index contributed by atoms with van der Waals surface area (Å²) in [7, 11) is 2.18. The summed E-state index contributed by atoms with van der Waals surface area (Å²) in [6, 6.07) is 20.7. The minimum atomic E-state index is 0.0105. The second-order valence-corrected chi connectivity index (χ2v) is 22.2. The van der Waals surface area contributed by atoms with Crippen molar-refractivity contribution in [1.29, 1.82) is 0 Å². The third kappa shape index (κ3) is 15.1. The number of anilines is 1. The Balaban J connectivity index is 0.000000221. The van der Waals surface area contributed by atoms with Gasteiger partial charge >= 0.3 is 0 Å². The number of nitrogens with one attached hydrogen (secondary N) is 2. The van der Waals surface area contributed by atoms with Crippen LogP contribution in [0.4, 0.5) is 5.69 Å². The van der Waals surface area contributed by atoms with E-state index in [-0.39, 0.29) is 5.60 Å². The second-order valence-electron chi connectivity index (χ2n) is 22.2. The van der Waals surface area contributed by atoms with E-state index >= 15 is 0 Å². The number of likely N-dealkylation sites (N-methyl/N-ethyl adjacent to an activating group) is 1. The van der Waals surface area contributed by atoms with Gasteiger partial charge in [-0.05, 0) is 180 Å². The zero-order valence-electron chi connectivity index (χ0n) is 46.3. The molecule has 2 aromatic heterocycles. The third-order valence-corrected chi connectivity index (χ3v) is 15.7. The first kappa shape index (κ1) is 54.9.